The second kappa shape index (κ2) is 4.65. The van der Waals surface area contributed by atoms with Gasteiger partial charge in [0.2, 0.25) is 0 Å². The molecule has 0 amide bonds. The zero-order valence-electron chi connectivity index (χ0n) is 8.70. The second-order valence-electron chi connectivity index (χ2n) is 3.27. The third kappa shape index (κ3) is 3.47. The minimum absolute atomic E-state index is 0.280. The van der Waals surface area contributed by atoms with Gasteiger partial charge in [0.05, 0.1) is 0 Å². The van der Waals surface area contributed by atoms with E-state index in [9.17, 15) is 4.79 Å². The number of hydrogen-bond donors (Lipinski definition) is 1. The van der Waals surface area contributed by atoms with Gasteiger partial charge in [-0.1, -0.05) is 12.1 Å². The lowest BCUT2D eigenvalue weighted by atomic mass is 10.2. The number of esters is 1. The number of anilines is 1. The summed E-state index contributed by atoms with van der Waals surface area (Å²) in [5, 5.41) is 3.07. The molecule has 3 nitrogen and oxygen atoms in total. The molecule has 1 aromatic rings. The fourth-order valence-corrected chi connectivity index (χ4v) is 1.25. The van der Waals surface area contributed by atoms with Crippen molar-refractivity contribution >= 4 is 11.7 Å². The summed E-state index contributed by atoms with van der Waals surface area (Å²) in [5.74, 6) is -0.280. The Morgan fingerprint density at radius 1 is 1.50 bits per heavy atom. The van der Waals surface area contributed by atoms with E-state index in [1.807, 2.05) is 31.2 Å². The molecule has 0 spiro atoms. The Kier molecular flexibility index (Phi) is 3.51. The molecular formula is C11H15NO2. The van der Waals surface area contributed by atoms with E-state index in [0.717, 1.165) is 5.69 Å². The van der Waals surface area contributed by atoms with E-state index in [0.29, 0.717) is 0 Å². The van der Waals surface area contributed by atoms with Crippen LogP contribution in [-0.4, -0.2) is 12.2 Å². The van der Waals surface area contributed by atoms with Crippen molar-refractivity contribution in [1.29, 1.82) is 0 Å². The lowest BCUT2D eigenvalue weighted by molar-refractivity contribution is -0.144. The number of nitrogens with one attached hydrogen (secondary N) is 1. The monoisotopic (exact) mass is 193 g/mol. The average molecular weight is 193 g/mol. The zero-order chi connectivity index (χ0) is 10.6. The smallest absolute Gasteiger partial charge is 0.304 e. The molecule has 1 rings (SSSR count). The molecule has 0 radical (unpaired) electrons. The maximum atomic E-state index is 10.6. The lowest BCUT2D eigenvalue weighted by Gasteiger charge is -2.15. The van der Waals surface area contributed by atoms with Gasteiger partial charge in [-0.05, 0) is 31.5 Å². The number of hydrogen-bond acceptors (Lipinski definition) is 3. The molecule has 1 aromatic carbocycles. The Morgan fingerprint density at radius 3 is 2.79 bits per heavy atom. The number of benzene rings is 1. The van der Waals surface area contributed by atoms with Crippen LogP contribution in [0.25, 0.3) is 0 Å². The zero-order valence-corrected chi connectivity index (χ0v) is 8.70. The lowest BCUT2D eigenvalue weighted by Crippen LogP contribution is -2.21. The van der Waals surface area contributed by atoms with Crippen LogP contribution in [0.4, 0.5) is 5.69 Å². The summed E-state index contributed by atoms with van der Waals surface area (Å²) in [6.07, 6.45) is -0.297. The van der Waals surface area contributed by atoms with Crippen molar-refractivity contribution in [3.63, 3.8) is 0 Å². The summed E-state index contributed by atoms with van der Waals surface area (Å²) in [6, 6.07) is 7.91. The standard InChI is InChI=1S/C11H15NO2/c1-8-5-4-6-11(7-8)12-9(2)14-10(3)13/h4-7,9,12H,1-3H3. The summed E-state index contributed by atoms with van der Waals surface area (Å²) in [4.78, 5) is 10.6. The Balaban J connectivity index is 2.55. The molecule has 1 unspecified atom stereocenters. The molecule has 1 N–H and O–H groups in total. The Bertz CT molecular complexity index is 323. The molecule has 0 fully saturated rings. The number of carbonyl (C=O) groups excluding carboxylic acids is 1. The van der Waals surface area contributed by atoms with E-state index in [1.54, 1.807) is 6.92 Å². The van der Waals surface area contributed by atoms with Gasteiger partial charge in [-0.2, -0.15) is 0 Å². The van der Waals surface area contributed by atoms with Crippen molar-refractivity contribution in [1.82, 2.24) is 0 Å². The van der Waals surface area contributed by atoms with E-state index in [-0.39, 0.29) is 12.2 Å². The fraction of sp³-hybridized carbons (Fsp3) is 0.364. The summed E-state index contributed by atoms with van der Waals surface area (Å²) >= 11 is 0. The highest BCUT2D eigenvalue weighted by molar-refractivity contribution is 5.66. The van der Waals surface area contributed by atoms with Gasteiger partial charge in [-0.3, -0.25) is 4.79 Å². The molecule has 3 heteroatoms. The molecule has 0 aliphatic carbocycles. The van der Waals surface area contributed by atoms with Crippen LogP contribution in [-0.2, 0) is 9.53 Å². The molecule has 1 atom stereocenters. The van der Waals surface area contributed by atoms with Crippen molar-refractivity contribution < 1.29 is 9.53 Å². The van der Waals surface area contributed by atoms with Crippen LogP contribution >= 0.6 is 0 Å². The van der Waals surface area contributed by atoms with Crippen LogP contribution in [0.5, 0.6) is 0 Å². The Labute approximate surface area is 84.1 Å². The van der Waals surface area contributed by atoms with E-state index < -0.39 is 0 Å². The average Bonchev–Trinajstić information content (AvgIpc) is 2.01. The highest BCUT2D eigenvalue weighted by Crippen LogP contribution is 2.11. The Morgan fingerprint density at radius 2 is 2.21 bits per heavy atom. The van der Waals surface area contributed by atoms with Crippen LogP contribution < -0.4 is 5.32 Å². The van der Waals surface area contributed by atoms with Gasteiger partial charge in [0, 0.05) is 12.6 Å². The van der Waals surface area contributed by atoms with Crippen molar-refractivity contribution in [2.45, 2.75) is 27.0 Å². The van der Waals surface area contributed by atoms with E-state index >= 15 is 0 Å². The molecule has 14 heavy (non-hydrogen) atoms. The fourth-order valence-electron chi connectivity index (χ4n) is 1.25. The van der Waals surface area contributed by atoms with Gasteiger partial charge in [-0.25, -0.2) is 0 Å². The van der Waals surface area contributed by atoms with Crippen LogP contribution in [0.15, 0.2) is 24.3 Å². The van der Waals surface area contributed by atoms with Gasteiger partial charge >= 0.3 is 5.97 Å². The highest BCUT2D eigenvalue weighted by atomic mass is 16.6. The molecule has 76 valence electrons. The van der Waals surface area contributed by atoms with Crippen LogP contribution in [0.2, 0.25) is 0 Å². The van der Waals surface area contributed by atoms with Crippen molar-refractivity contribution in [2.24, 2.45) is 0 Å². The first-order valence-corrected chi connectivity index (χ1v) is 4.58. The summed E-state index contributed by atoms with van der Waals surface area (Å²) in [6.45, 7) is 5.21. The largest absolute Gasteiger partial charge is 0.442 e. The first-order valence-electron chi connectivity index (χ1n) is 4.58. The maximum Gasteiger partial charge on any atom is 0.304 e. The quantitative estimate of drug-likeness (QED) is 0.591. The maximum absolute atomic E-state index is 10.6. The predicted molar refractivity (Wildman–Crippen MR) is 56.0 cm³/mol. The van der Waals surface area contributed by atoms with Crippen LogP contribution in [0.3, 0.4) is 0 Å². The van der Waals surface area contributed by atoms with Gasteiger partial charge in [0.25, 0.3) is 0 Å². The van der Waals surface area contributed by atoms with Crippen LogP contribution in [0.1, 0.15) is 19.4 Å². The van der Waals surface area contributed by atoms with Crippen LogP contribution in [0, 0.1) is 6.92 Å². The highest BCUT2D eigenvalue weighted by Gasteiger charge is 2.03. The molecule has 0 aromatic heterocycles. The first kappa shape index (κ1) is 10.6. The molecule has 0 saturated carbocycles. The van der Waals surface area contributed by atoms with Gasteiger partial charge in [0.1, 0.15) is 0 Å². The minimum atomic E-state index is -0.297. The summed E-state index contributed by atoms with van der Waals surface area (Å²) in [5.41, 5.74) is 2.13. The third-order valence-corrected chi connectivity index (χ3v) is 1.73. The van der Waals surface area contributed by atoms with Gasteiger partial charge in [-0.15, -0.1) is 0 Å². The predicted octanol–water partition coefficient (Wildman–Crippen LogP) is 2.32. The topological polar surface area (TPSA) is 38.3 Å². The second-order valence-corrected chi connectivity index (χ2v) is 3.27. The summed E-state index contributed by atoms with van der Waals surface area (Å²) in [7, 11) is 0. The van der Waals surface area contributed by atoms with Crippen molar-refractivity contribution in [3.05, 3.63) is 29.8 Å². The van der Waals surface area contributed by atoms with Gasteiger partial charge < -0.3 is 10.1 Å². The van der Waals surface area contributed by atoms with E-state index in [2.05, 4.69) is 5.32 Å². The minimum Gasteiger partial charge on any atom is -0.442 e. The third-order valence-electron chi connectivity index (χ3n) is 1.73. The number of ether oxygens (including phenoxy) is 1. The van der Waals surface area contributed by atoms with E-state index in [4.69, 9.17) is 4.74 Å². The van der Waals surface area contributed by atoms with Crippen molar-refractivity contribution in [3.8, 4) is 0 Å². The van der Waals surface area contributed by atoms with Crippen molar-refractivity contribution in [2.75, 3.05) is 5.32 Å². The number of aryl methyl sites for hydroxylation is 1. The number of carbonyl (C=O) groups is 1. The molecule has 0 bridgehead atoms. The van der Waals surface area contributed by atoms with E-state index in [1.165, 1.54) is 12.5 Å². The molecule has 0 aliphatic rings. The number of rotatable bonds is 3. The summed E-state index contributed by atoms with van der Waals surface area (Å²) < 4.78 is 4.94. The molecule has 0 saturated heterocycles. The molecular weight excluding hydrogens is 178 g/mol. The SMILES string of the molecule is CC(=O)OC(C)Nc1cccc(C)c1. The normalized spacial score (nSPS) is 11.9. The Hall–Kier alpha value is -1.51. The molecule has 0 aliphatic heterocycles. The molecule has 0 heterocycles. The first-order chi connectivity index (χ1) is 6.58. The van der Waals surface area contributed by atoms with Gasteiger partial charge in [0.15, 0.2) is 6.23 Å².